The minimum Gasteiger partial charge on any atom is -0.454 e. The topological polar surface area (TPSA) is 51.7 Å². The molecule has 0 unspecified atom stereocenters. The summed E-state index contributed by atoms with van der Waals surface area (Å²) in [5.74, 6) is 1.45. The molecule has 142 valence electrons. The molecule has 2 heterocycles. The van der Waals surface area contributed by atoms with Crippen molar-refractivity contribution in [1.82, 2.24) is 9.88 Å². The fourth-order valence-corrected chi connectivity index (χ4v) is 3.35. The number of rotatable bonds is 6. The molecular weight excluding hydrogens is 420 g/mol. The predicted octanol–water partition coefficient (Wildman–Crippen LogP) is 4.46. The third-order valence-electron chi connectivity index (χ3n) is 4.55. The molecule has 0 N–H and O–H groups in total. The molecule has 3 aromatic rings. The van der Waals surface area contributed by atoms with E-state index in [0.717, 1.165) is 27.2 Å². The quantitative estimate of drug-likeness (QED) is 0.569. The molecule has 0 atom stereocenters. The first-order chi connectivity index (χ1) is 13.7. The fraction of sp³-hybridized carbons (Fsp3) is 0.182. The summed E-state index contributed by atoms with van der Waals surface area (Å²) in [5, 5.41) is 0. The van der Waals surface area contributed by atoms with Crippen molar-refractivity contribution in [2.24, 2.45) is 0 Å². The van der Waals surface area contributed by atoms with Gasteiger partial charge in [-0.15, -0.1) is 0 Å². The number of aromatic nitrogens is 1. The lowest BCUT2D eigenvalue weighted by atomic mass is 10.1. The van der Waals surface area contributed by atoms with Crippen LogP contribution >= 0.6 is 15.9 Å². The van der Waals surface area contributed by atoms with Gasteiger partial charge in [0.1, 0.15) is 0 Å². The molecule has 0 saturated carbocycles. The molecule has 0 saturated heterocycles. The molecule has 0 aliphatic carbocycles. The van der Waals surface area contributed by atoms with Gasteiger partial charge in [0.25, 0.3) is 5.91 Å². The smallest absolute Gasteiger partial charge is 0.254 e. The van der Waals surface area contributed by atoms with Gasteiger partial charge in [0.15, 0.2) is 11.5 Å². The fourth-order valence-electron chi connectivity index (χ4n) is 3.08. The van der Waals surface area contributed by atoms with E-state index in [9.17, 15) is 4.79 Å². The first kappa shape index (κ1) is 18.5. The maximum absolute atomic E-state index is 13.1. The average Bonchev–Trinajstić information content (AvgIpc) is 3.20. The number of hydrogen-bond donors (Lipinski definition) is 0. The number of carbonyl (C=O) groups is 1. The Balaban J connectivity index is 1.55. The van der Waals surface area contributed by atoms with E-state index < -0.39 is 0 Å². The Bertz CT molecular complexity index is 961. The predicted molar refractivity (Wildman–Crippen MR) is 109 cm³/mol. The number of pyridine rings is 1. The summed E-state index contributed by atoms with van der Waals surface area (Å²) in [5.41, 5.74) is 2.61. The lowest BCUT2D eigenvalue weighted by molar-refractivity contribution is 0.0744. The third kappa shape index (κ3) is 4.34. The van der Waals surface area contributed by atoms with E-state index in [2.05, 4.69) is 20.9 Å². The van der Waals surface area contributed by atoms with Crippen molar-refractivity contribution in [3.63, 3.8) is 0 Å². The summed E-state index contributed by atoms with van der Waals surface area (Å²) in [7, 11) is 0. The maximum atomic E-state index is 13.1. The highest BCUT2D eigenvalue weighted by molar-refractivity contribution is 9.10. The number of amides is 1. The van der Waals surface area contributed by atoms with E-state index in [4.69, 9.17) is 9.47 Å². The molecule has 4 rings (SSSR count). The number of halogens is 1. The van der Waals surface area contributed by atoms with Crippen LogP contribution < -0.4 is 9.47 Å². The first-order valence-electron chi connectivity index (χ1n) is 9.02. The van der Waals surface area contributed by atoms with Gasteiger partial charge in [0.05, 0.1) is 0 Å². The van der Waals surface area contributed by atoms with Crippen LogP contribution in [0, 0.1) is 0 Å². The number of ether oxygens (including phenoxy) is 2. The monoisotopic (exact) mass is 438 g/mol. The van der Waals surface area contributed by atoms with Crippen LogP contribution in [0.25, 0.3) is 0 Å². The largest absolute Gasteiger partial charge is 0.454 e. The van der Waals surface area contributed by atoms with Gasteiger partial charge < -0.3 is 14.4 Å². The normalized spacial score (nSPS) is 12.0. The number of benzene rings is 2. The zero-order chi connectivity index (χ0) is 19.3. The van der Waals surface area contributed by atoms with Crippen molar-refractivity contribution in [2.75, 3.05) is 13.3 Å². The van der Waals surface area contributed by atoms with Crippen LogP contribution in [0.15, 0.2) is 71.3 Å². The van der Waals surface area contributed by atoms with Crippen LogP contribution in [0.2, 0.25) is 0 Å². The van der Waals surface area contributed by atoms with E-state index in [1.165, 1.54) is 0 Å². The van der Waals surface area contributed by atoms with Crippen LogP contribution in [0.3, 0.4) is 0 Å². The van der Waals surface area contributed by atoms with Crippen molar-refractivity contribution in [2.45, 2.75) is 13.0 Å². The Hall–Kier alpha value is -2.86. The third-order valence-corrected chi connectivity index (χ3v) is 5.08. The summed E-state index contributed by atoms with van der Waals surface area (Å²) < 4.78 is 11.8. The summed E-state index contributed by atoms with van der Waals surface area (Å²) in [6, 6.07) is 19.0. The van der Waals surface area contributed by atoms with Crippen molar-refractivity contribution >= 4 is 21.8 Å². The Kier molecular flexibility index (Phi) is 5.58. The second kappa shape index (κ2) is 8.44. The molecule has 1 aromatic heterocycles. The van der Waals surface area contributed by atoms with Crippen molar-refractivity contribution in [3.8, 4) is 11.5 Å². The number of fused-ring (bicyclic) bond motifs is 1. The summed E-state index contributed by atoms with van der Waals surface area (Å²) in [6.45, 7) is 1.29. The Labute approximate surface area is 172 Å². The van der Waals surface area contributed by atoms with E-state index in [1.807, 2.05) is 65.6 Å². The highest BCUT2D eigenvalue weighted by Gasteiger charge is 2.19. The van der Waals surface area contributed by atoms with Crippen molar-refractivity contribution in [1.29, 1.82) is 0 Å². The van der Waals surface area contributed by atoms with E-state index in [1.54, 1.807) is 6.20 Å². The molecule has 28 heavy (non-hydrogen) atoms. The van der Waals surface area contributed by atoms with Crippen LogP contribution in [-0.4, -0.2) is 29.1 Å². The van der Waals surface area contributed by atoms with Gasteiger partial charge in [-0.05, 0) is 54.1 Å². The molecule has 0 bridgehead atoms. The number of carbonyl (C=O) groups excluding carboxylic acids is 1. The Morgan fingerprint density at radius 2 is 1.86 bits per heavy atom. The van der Waals surface area contributed by atoms with Crippen LogP contribution in [0.1, 0.15) is 21.6 Å². The minimum absolute atomic E-state index is 0.0129. The van der Waals surface area contributed by atoms with Gasteiger partial charge in [0, 0.05) is 41.4 Å². The molecule has 0 spiro atoms. The van der Waals surface area contributed by atoms with Gasteiger partial charge >= 0.3 is 0 Å². The highest BCUT2D eigenvalue weighted by Crippen LogP contribution is 2.33. The zero-order valence-corrected chi connectivity index (χ0v) is 16.8. The van der Waals surface area contributed by atoms with Crippen LogP contribution in [0.4, 0.5) is 0 Å². The van der Waals surface area contributed by atoms with Gasteiger partial charge in [-0.1, -0.05) is 28.1 Å². The SMILES string of the molecule is O=C(c1ccc(Br)cc1)N(CCc1ccccn1)Cc1ccc2c(c1)OCO2. The first-order valence-corrected chi connectivity index (χ1v) is 9.81. The maximum Gasteiger partial charge on any atom is 0.254 e. The Morgan fingerprint density at radius 1 is 1.04 bits per heavy atom. The second-order valence-corrected chi connectivity index (χ2v) is 7.41. The molecule has 0 radical (unpaired) electrons. The van der Waals surface area contributed by atoms with E-state index in [-0.39, 0.29) is 12.7 Å². The minimum atomic E-state index is -0.0129. The van der Waals surface area contributed by atoms with Crippen LogP contribution in [-0.2, 0) is 13.0 Å². The molecule has 1 aliphatic heterocycles. The van der Waals surface area contributed by atoms with E-state index in [0.29, 0.717) is 25.1 Å². The standard InChI is InChI=1S/C22H19BrN2O3/c23-18-7-5-17(6-8-18)22(26)25(12-10-19-3-1-2-11-24-19)14-16-4-9-20-21(13-16)28-15-27-20/h1-9,11,13H,10,12,14-15H2. The Morgan fingerprint density at radius 3 is 2.64 bits per heavy atom. The van der Waals surface area contributed by atoms with E-state index >= 15 is 0 Å². The van der Waals surface area contributed by atoms with Crippen molar-refractivity contribution < 1.29 is 14.3 Å². The van der Waals surface area contributed by atoms with Gasteiger partial charge in [0.2, 0.25) is 6.79 Å². The average molecular weight is 439 g/mol. The molecule has 1 aliphatic rings. The molecule has 6 heteroatoms. The lowest BCUT2D eigenvalue weighted by Gasteiger charge is -2.23. The zero-order valence-electron chi connectivity index (χ0n) is 15.2. The highest BCUT2D eigenvalue weighted by atomic mass is 79.9. The van der Waals surface area contributed by atoms with Gasteiger partial charge in [-0.3, -0.25) is 9.78 Å². The summed E-state index contributed by atoms with van der Waals surface area (Å²) in [4.78, 5) is 19.4. The lowest BCUT2D eigenvalue weighted by Crippen LogP contribution is -2.32. The summed E-state index contributed by atoms with van der Waals surface area (Å²) in [6.07, 6.45) is 2.46. The molecular formula is C22H19BrN2O3. The number of nitrogens with zero attached hydrogens (tertiary/aromatic N) is 2. The van der Waals surface area contributed by atoms with Crippen molar-refractivity contribution in [3.05, 3.63) is 88.2 Å². The van der Waals surface area contributed by atoms with Gasteiger partial charge in [-0.2, -0.15) is 0 Å². The molecule has 5 nitrogen and oxygen atoms in total. The summed E-state index contributed by atoms with van der Waals surface area (Å²) >= 11 is 3.42. The molecule has 1 amide bonds. The van der Waals surface area contributed by atoms with Gasteiger partial charge in [-0.25, -0.2) is 0 Å². The second-order valence-electron chi connectivity index (χ2n) is 6.49. The number of hydrogen-bond acceptors (Lipinski definition) is 4. The molecule has 0 fully saturated rings. The molecule has 2 aromatic carbocycles. The van der Waals surface area contributed by atoms with Crippen LogP contribution in [0.5, 0.6) is 11.5 Å².